The van der Waals surface area contributed by atoms with Gasteiger partial charge in [0.2, 0.25) is 0 Å². The van der Waals surface area contributed by atoms with Crippen LogP contribution >= 0.6 is 7.14 Å². The number of pyridine rings is 1. The minimum Gasteiger partial charge on any atom is -0.455 e. The summed E-state index contributed by atoms with van der Waals surface area (Å²) in [5.74, 6) is 0. The second kappa shape index (κ2) is 12.4. The Hall–Kier alpha value is -6.80. The van der Waals surface area contributed by atoms with Crippen molar-refractivity contribution in [3.05, 3.63) is 194 Å². The molecule has 258 valence electrons. The third kappa shape index (κ3) is 4.84. The van der Waals surface area contributed by atoms with Crippen LogP contribution in [0.15, 0.2) is 199 Å². The summed E-state index contributed by atoms with van der Waals surface area (Å²) in [6.07, 6.45) is 3.69. The zero-order valence-corrected chi connectivity index (χ0v) is 30.6. The van der Waals surface area contributed by atoms with Crippen molar-refractivity contribution in [3.63, 3.8) is 0 Å². The highest BCUT2D eigenvalue weighted by atomic mass is 31.2. The van der Waals surface area contributed by atoms with Gasteiger partial charge in [0.1, 0.15) is 11.2 Å². The third-order valence-electron chi connectivity index (χ3n) is 11.1. The van der Waals surface area contributed by atoms with Crippen LogP contribution in [0.25, 0.3) is 87.3 Å². The molecule has 0 atom stereocenters. The van der Waals surface area contributed by atoms with E-state index in [1.54, 1.807) is 6.20 Å². The Morgan fingerprint density at radius 2 is 0.927 bits per heavy atom. The van der Waals surface area contributed by atoms with Crippen molar-refractivity contribution in [2.75, 3.05) is 0 Å². The first kappa shape index (κ1) is 31.7. The Morgan fingerprint density at radius 1 is 0.418 bits per heavy atom. The van der Waals surface area contributed by atoms with Crippen LogP contribution in [-0.4, -0.2) is 4.98 Å². The molecule has 0 unspecified atom stereocenters. The zero-order valence-electron chi connectivity index (χ0n) is 29.7. The highest BCUT2D eigenvalue weighted by Gasteiger charge is 2.31. The van der Waals surface area contributed by atoms with E-state index in [0.717, 1.165) is 87.1 Å². The lowest BCUT2D eigenvalue weighted by molar-refractivity contribution is 0.592. The molecule has 0 aliphatic carbocycles. The molecule has 0 N–H and O–H groups in total. The number of benzene rings is 9. The molecule has 55 heavy (non-hydrogen) atoms. The topological polar surface area (TPSA) is 43.1 Å². The summed E-state index contributed by atoms with van der Waals surface area (Å²) < 4.78 is 22.5. The summed E-state index contributed by atoms with van der Waals surface area (Å²) >= 11 is 0. The highest BCUT2D eigenvalue weighted by Crippen LogP contribution is 2.49. The fourth-order valence-corrected chi connectivity index (χ4v) is 11.3. The molecule has 0 saturated heterocycles. The van der Waals surface area contributed by atoms with Crippen LogP contribution in [0, 0.1) is 0 Å². The van der Waals surface area contributed by atoms with E-state index in [4.69, 9.17) is 9.40 Å². The van der Waals surface area contributed by atoms with E-state index in [1.807, 2.05) is 66.9 Å². The van der Waals surface area contributed by atoms with E-state index in [-0.39, 0.29) is 0 Å². The Labute approximate surface area is 317 Å². The largest absolute Gasteiger partial charge is 0.455 e. The summed E-state index contributed by atoms with van der Waals surface area (Å²) in [5.41, 5.74) is 5.91. The van der Waals surface area contributed by atoms with Gasteiger partial charge in [0, 0.05) is 55.8 Å². The average Bonchev–Trinajstić information content (AvgIpc) is 3.63. The Kier molecular flexibility index (Phi) is 7.14. The molecule has 2 aromatic heterocycles. The number of rotatable bonds is 5. The molecule has 0 fully saturated rings. The molecule has 0 saturated carbocycles. The minimum absolute atomic E-state index is 0.700. The van der Waals surface area contributed by atoms with E-state index in [9.17, 15) is 0 Å². The van der Waals surface area contributed by atoms with Gasteiger partial charge in [-0.05, 0) is 72.9 Å². The lowest BCUT2D eigenvalue weighted by Crippen LogP contribution is -2.25. The number of aromatic nitrogens is 1. The molecule has 9 aromatic carbocycles. The predicted molar refractivity (Wildman–Crippen MR) is 232 cm³/mol. The van der Waals surface area contributed by atoms with Gasteiger partial charge in [0.15, 0.2) is 7.14 Å². The zero-order chi connectivity index (χ0) is 36.5. The van der Waals surface area contributed by atoms with Gasteiger partial charge in [0.25, 0.3) is 0 Å². The van der Waals surface area contributed by atoms with Crippen molar-refractivity contribution in [2.24, 2.45) is 0 Å². The predicted octanol–water partition coefficient (Wildman–Crippen LogP) is 12.6. The van der Waals surface area contributed by atoms with Crippen LogP contribution in [0.1, 0.15) is 0 Å². The minimum atomic E-state index is -3.26. The van der Waals surface area contributed by atoms with Gasteiger partial charge >= 0.3 is 0 Å². The van der Waals surface area contributed by atoms with Gasteiger partial charge in [-0.15, -0.1) is 0 Å². The average molecular weight is 722 g/mol. The molecule has 11 aromatic rings. The fraction of sp³-hybridized carbons (Fsp3) is 0. The van der Waals surface area contributed by atoms with Crippen LogP contribution < -0.4 is 15.9 Å². The lowest BCUT2D eigenvalue weighted by Gasteiger charge is -2.21. The molecule has 0 aliphatic heterocycles. The molecule has 0 amide bonds. The second-order valence-electron chi connectivity index (χ2n) is 14.2. The first-order chi connectivity index (χ1) is 27.2. The Morgan fingerprint density at radius 3 is 1.55 bits per heavy atom. The van der Waals surface area contributed by atoms with Gasteiger partial charge < -0.3 is 8.98 Å². The number of fused-ring (bicyclic) bond motifs is 8. The maximum atomic E-state index is 15.5. The molecule has 0 spiro atoms. The molecule has 0 radical (unpaired) electrons. The monoisotopic (exact) mass is 721 g/mol. The highest BCUT2D eigenvalue weighted by molar-refractivity contribution is 7.85. The lowest BCUT2D eigenvalue weighted by atomic mass is 9.85. The second-order valence-corrected chi connectivity index (χ2v) is 17.0. The van der Waals surface area contributed by atoms with Crippen molar-refractivity contribution in [3.8, 4) is 22.3 Å². The van der Waals surface area contributed by atoms with Gasteiger partial charge in [0.05, 0.1) is 0 Å². The van der Waals surface area contributed by atoms with Crippen LogP contribution in [-0.2, 0) is 4.57 Å². The van der Waals surface area contributed by atoms with Crippen LogP contribution in [0.5, 0.6) is 0 Å². The number of hydrogen-bond acceptors (Lipinski definition) is 3. The third-order valence-corrected chi connectivity index (χ3v) is 14.2. The quantitative estimate of drug-likeness (QED) is 0.131. The van der Waals surface area contributed by atoms with E-state index in [0.29, 0.717) is 5.30 Å². The van der Waals surface area contributed by atoms with Gasteiger partial charge in [-0.1, -0.05) is 158 Å². The van der Waals surface area contributed by atoms with Gasteiger partial charge in [-0.2, -0.15) is 0 Å². The molecule has 3 nitrogen and oxygen atoms in total. The number of furan rings is 1. The number of hydrogen-bond donors (Lipinski definition) is 0. The van der Waals surface area contributed by atoms with Crippen LogP contribution in [0.2, 0.25) is 0 Å². The summed E-state index contributed by atoms with van der Waals surface area (Å²) in [5, 5.41) is 13.6. The first-order valence-corrected chi connectivity index (χ1v) is 20.3. The van der Waals surface area contributed by atoms with E-state index in [1.165, 1.54) is 10.8 Å². The fourth-order valence-electron chi connectivity index (χ4n) is 8.69. The van der Waals surface area contributed by atoms with Crippen molar-refractivity contribution in [1.29, 1.82) is 0 Å². The maximum absolute atomic E-state index is 15.5. The van der Waals surface area contributed by atoms with Crippen LogP contribution in [0.4, 0.5) is 0 Å². The van der Waals surface area contributed by atoms with Gasteiger partial charge in [-0.25, -0.2) is 0 Å². The van der Waals surface area contributed by atoms with Crippen molar-refractivity contribution in [1.82, 2.24) is 4.98 Å². The maximum Gasteiger partial charge on any atom is 0.172 e. The molecule has 2 heterocycles. The summed E-state index contributed by atoms with van der Waals surface area (Å²) in [4.78, 5) is 4.81. The Balaban J connectivity index is 1.22. The molecule has 11 rings (SSSR count). The first-order valence-electron chi connectivity index (χ1n) is 18.5. The van der Waals surface area contributed by atoms with E-state index in [2.05, 4.69) is 121 Å². The molecular weight excluding hydrogens is 690 g/mol. The molecule has 4 heteroatoms. The summed E-state index contributed by atoms with van der Waals surface area (Å²) in [6, 6.07) is 62.8. The standard InChI is InChI=1S/C51H32NO2P/c53-55(37-18-3-1-4-19-37,38-20-5-2-6-21-38)39-27-36(31-52-32-39)48-41-23-11-13-25-43(41)49(44-26-14-12-24-42(44)48)46-29-35-17-9-10-22-40(35)50-45-28-33-15-7-8-16-34(33)30-47(45)54-51(46)50/h1-32H. The smallest absolute Gasteiger partial charge is 0.172 e. The van der Waals surface area contributed by atoms with Crippen molar-refractivity contribution in [2.45, 2.75) is 0 Å². The summed E-state index contributed by atoms with van der Waals surface area (Å²) in [6.45, 7) is 0. The van der Waals surface area contributed by atoms with Crippen molar-refractivity contribution >= 4 is 88.1 Å². The van der Waals surface area contributed by atoms with Crippen LogP contribution in [0.3, 0.4) is 0 Å². The molecule has 0 bridgehead atoms. The molecular formula is C51H32NO2P. The normalized spacial score (nSPS) is 12.1. The van der Waals surface area contributed by atoms with E-state index >= 15 is 4.57 Å². The molecule has 0 aliphatic rings. The number of nitrogens with zero attached hydrogens (tertiary/aromatic N) is 1. The van der Waals surface area contributed by atoms with E-state index < -0.39 is 7.14 Å². The SMILES string of the molecule is O=P(c1ccccc1)(c1ccccc1)c1cncc(-c2c3ccccc3c(-c3cc4ccccc4c4c3oc3cc5ccccc5cc34)c3ccccc23)c1. The van der Waals surface area contributed by atoms with Gasteiger partial charge in [-0.3, -0.25) is 4.98 Å². The Bertz CT molecular complexity index is 3250. The van der Waals surface area contributed by atoms with Crippen molar-refractivity contribution < 1.29 is 8.98 Å². The summed E-state index contributed by atoms with van der Waals surface area (Å²) in [7, 11) is -3.26.